The lowest BCUT2D eigenvalue weighted by Gasteiger charge is -2.11. The number of benzene rings is 2. The van der Waals surface area contributed by atoms with E-state index in [2.05, 4.69) is 0 Å². The molecule has 0 aromatic heterocycles. The van der Waals surface area contributed by atoms with E-state index in [4.69, 9.17) is 34.6 Å². The van der Waals surface area contributed by atoms with Crippen LogP contribution in [0.1, 0.15) is 68.3 Å². The molecule has 0 atom stereocenters. The molecule has 0 aliphatic rings. The predicted molar refractivity (Wildman–Crippen MR) is 121 cm³/mol. The molecule has 11 nitrogen and oxygen atoms in total. The number of aromatic carboxylic acids is 4. The highest BCUT2D eigenvalue weighted by Crippen LogP contribution is 2.29. The molecule has 0 bridgehead atoms. The van der Waals surface area contributed by atoms with E-state index in [1.807, 2.05) is 0 Å². The van der Waals surface area contributed by atoms with Crippen molar-refractivity contribution >= 4 is 23.9 Å². The van der Waals surface area contributed by atoms with Gasteiger partial charge in [-0.15, -0.1) is 0 Å². The van der Waals surface area contributed by atoms with Crippen LogP contribution in [-0.2, 0) is 6.42 Å². The topological polar surface area (TPSA) is 177 Å². The third kappa shape index (κ3) is 7.12. The van der Waals surface area contributed by atoms with Crippen molar-refractivity contribution in [1.29, 1.82) is 0 Å². The van der Waals surface area contributed by atoms with Crippen LogP contribution < -0.4 is 14.2 Å². The second-order valence-corrected chi connectivity index (χ2v) is 6.27. The molecule has 4 N–H and O–H groups in total. The normalized spacial score (nSPS) is 9.53. The van der Waals surface area contributed by atoms with E-state index >= 15 is 0 Å². The molecule has 0 amide bonds. The van der Waals surface area contributed by atoms with Crippen LogP contribution in [0, 0.1) is 0 Å². The Balaban J connectivity index is 0.000000623. The average Bonchev–Trinajstić information content (AvgIpc) is 2.77. The molecule has 0 saturated heterocycles. The highest BCUT2D eigenvalue weighted by molar-refractivity contribution is 5.98. The Kier molecular flexibility index (Phi) is 11.6. The highest BCUT2D eigenvalue weighted by Gasteiger charge is 2.20. The third-order valence-corrected chi connectivity index (χ3v) is 4.33. The molecular weight excluding hydrogens is 452 g/mol. The Morgan fingerprint density at radius 1 is 0.647 bits per heavy atom. The summed E-state index contributed by atoms with van der Waals surface area (Å²) in [5, 5.41) is 35.7. The van der Waals surface area contributed by atoms with Crippen molar-refractivity contribution in [1.82, 2.24) is 0 Å². The van der Waals surface area contributed by atoms with E-state index < -0.39 is 23.9 Å². The lowest BCUT2D eigenvalue weighted by Crippen LogP contribution is -2.08. The van der Waals surface area contributed by atoms with Gasteiger partial charge in [0.1, 0.15) is 33.9 Å². The number of carboxylic acids is 4. The number of hydrogen-bond donors (Lipinski definition) is 4. The van der Waals surface area contributed by atoms with Crippen LogP contribution in [-0.4, -0.2) is 65.1 Å². The van der Waals surface area contributed by atoms with Gasteiger partial charge >= 0.3 is 23.9 Å². The summed E-state index contributed by atoms with van der Waals surface area (Å²) in [4.78, 5) is 43.7. The van der Waals surface area contributed by atoms with Crippen molar-refractivity contribution in [3.63, 3.8) is 0 Å². The minimum Gasteiger partial charge on any atom is -0.496 e. The number of ether oxygens (including phenoxy) is 3. The van der Waals surface area contributed by atoms with Crippen molar-refractivity contribution in [3.05, 3.63) is 52.1 Å². The van der Waals surface area contributed by atoms with E-state index in [-0.39, 0.29) is 53.5 Å². The molecule has 11 heteroatoms. The first-order chi connectivity index (χ1) is 15.5. The second kappa shape index (κ2) is 13.3. The summed E-state index contributed by atoms with van der Waals surface area (Å²) in [5.41, 5.74) is 0.141. The van der Waals surface area contributed by atoms with Crippen molar-refractivity contribution < 1.29 is 53.8 Å². The zero-order valence-corrected chi connectivity index (χ0v) is 18.4. The van der Waals surface area contributed by atoms with Gasteiger partial charge in [0.2, 0.25) is 0 Å². The molecule has 0 spiro atoms. The lowest BCUT2D eigenvalue weighted by molar-refractivity contribution is 0.0674. The van der Waals surface area contributed by atoms with Gasteiger partial charge in [0, 0.05) is 0 Å². The fourth-order valence-corrected chi connectivity index (χ4v) is 2.79. The van der Waals surface area contributed by atoms with E-state index in [1.165, 1.54) is 20.3 Å². The maximum Gasteiger partial charge on any atom is 0.339 e. The van der Waals surface area contributed by atoms with E-state index in [0.717, 1.165) is 18.2 Å². The standard InChI is InChI=1S/C11H12O6.C11H12O5.CH4/c1-3-17-9-5-6(10(12)13)8(16-2)4-7(9)11(14)15;1-3-6-4-9(16-2)8(11(14)15)5-7(6)10(12)13;/h4-5H,3H2,1-2H3,(H,12,13)(H,14,15);4-5H,3H2,1-2H3,(H,12,13)(H,14,15);1H4. The first-order valence-corrected chi connectivity index (χ1v) is 9.51. The minimum atomic E-state index is -1.21. The van der Waals surface area contributed by atoms with Crippen LogP contribution in [0.4, 0.5) is 0 Å². The summed E-state index contributed by atoms with van der Waals surface area (Å²) in [7, 11) is 2.62. The Bertz CT molecular complexity index is 1020. The molecule has 0 aliphatic heterocycles. The fraction of sp³-hybridized carbons (Fsp3) is 0.304. The first kappa shape index (κ1) is 29.7. The average molecular weight is 480 g/mol. The minimum absolute atomic E-state index is 0. The lowest BCUT2D eigenvalue weighted by atomic mass is 10.0. The molecule has 186 valence electrons. The van der Waals surface area contributed by atoms with Crippen molar-refractivity contribution in [2.24, 2.45) is 0 Å². The van der Waals surface area contributed by atoms with Gasteiger partial charge in [-0.3, -0.25) is 0 Å². The van der Waals surface area contributed by atoms with Gasteiger partial charge in [-0.25, -0.2) is 19.2 Å². The monoisotopic (exact) mass is 480 g/mol. The maximum absolute atomic E-state index is 11.0. The number of aryl methyl sites for hydroxylation is 1. The number of rotatable bonds is 9. The Labute approximate surface area is 196 Å². The zero-order valence-electron chi connectivity index (χ0n) is 18.4. The fourth-order valence-electron chi connectivity index (χ4n) is 2.79. The van der Waals surface area contributed by atoms with E-state index in [1.54, 1.807) is 13.8 Å². The molecule has 0 radical (unpaired) electrons. The molecule has 0 aliphatic carbocycles. The first-order valence-electron chi connectivity index (χ1n) is 9.51. The molecule has 2 rings (SSSR count). The molecule has 34 heavy (non-hydrogen) atoms. The molecule has 0 unspecified atom stereocenters. The van der Waals surface area contributed by atoms with Crippen LogP contribution in [0.5, 0.6) is 17.2 Å². The van der Waals surface area contributed by atoms with Crippen LogP contribution >= 0.6 is 0 Å². The van der Waals surface area contributed by atoms with Crippen molar-refractivity contribution in [2.75, 3.05) is 20.8 Å². The van der Waals surface area contributed by atoms with Gasteiger partial charge in [0.25, 0.3) is 0 Å². The Morgan fingerprint density at radius 2 is 1.03 bits per heavy atom. The number of carboxylic acid groups (broad SMARTS) is 4. The molecule has 2 aromatic carbocycles. The van der Waals surface area contributed by atoms with Gasteiger partial charge in [-0.1, -0.05) is 14.4 Å². The second-order valence-electron chi connectivity index (χ2n) is 6.27. The summed E-state index contributed by atoms with van der Waals surface area (Å²) >= 11 is 0. The smallest absolute Gasteiger partial charge is 0.339 e. The van der Waals surface area contributed by atoms with Crippen LogP contribution in [0.3, 0.4) is 0 Å². The molecule has 0 fully saturated rings. The van der Waals surface area contributed by atoms with Gasteiger partial charge in [-0.2, -0.15) is 0 Å². The van der Waals surface area contributed by atoms with Crippen LogP contribution in [0.15, 0.2) is 24.3 Å². The summed E-state index contributed by atoms with van der Waals surface area (Å²) in [6.07, 6.45) is 0.498. The zero-order chi connectivity index (χ0) is 25.3. The molecule has 0 saturated carbocycles. The third-order valence-electron chi connectivity index (χ3n) is 4.33. The summed E-state index contributed by atoms with van der Waals surface area (Å²) in [6, 6.07) is 4.86. The van der Waals surface area contributed by atoms with Crippen LogP contribution in [0.2, 0.25) is 0 Å². The largest absolute Gasteiger partial charge is 0.496 e. The quantitative estimate of drug-likeness (QED) is 0.410. The summed E-state index contributed by atoms with van der Waals surface area (Å²) in [6.45, 7) is 3.71. The van der Waals surface area contributed by atoms with E-state index in [0.29, 0.717) is 12.0 Å². The summed E-state index contributed by atoms with van der Waals surface area (Å²) in [5.74, 6) is -4.58. The maximum atomic E-state index is 11.0. The Morgan fingerprint density at radius 3 is 1.41 bits per heavy atom. The van der Waals surface area contributed by atoms with Gasteiger partial charge in [-0.05, 0) is 43.2 Å². The predicted octanol–water partition coefficient (Wildman–Crippen LogP) is 3.78. The number of methoxy groups -OCH3 is 2. The number of hydrogen-bond acceptors (Lipinski definition) is 7. The SMILES string of the molecule is C.CCOc1cc(C(=O)O)c(OC)cc1C(=O)O.CCc1cc(OC)c(C(=O)O)cc1C(=O)O. The van der Waals surface area contributed by atoms with Gasteiger partial charge < -0.3 is 34.6 Å². The highest BCUT2D eigenvalue weighted by atomic mass is 16.5. The molecule has 2 aromatic rings. The van der Waals surface area contributed by atoms with Gasteiger partial charge in [0.05, 0.1) is 26.4 Å². The van der Waals surface area contributed by atoms with Gasteiger partial charge in [0.15, 0.2) is 0 Å². The van der Waals surface area contributed by atoms with E-state index in [9.17, 15) is 19.2 Å². The number of carbonyl (C=O) groups is 4. The molecule has 0 heterocycles. The van der Waals surface area contributed by atoms with Crippen LogP contribution in [0.25, 0.3) is 0 Å². The van der Waals surface area contributed by atoms with Crippen molar-refractivity contribution in [2.45, 2.75) is 27.7 Å². The van der Waals surface area contributed by atoms with Crippen molar-refractivity contribution in [3.8, 4) is 17.2 Å². The Hall–Kier alpha value is -4.28. The molecular formula is C23H28O11. The summed E-state index contributed by atoms with van der Waals surface area (Å²) < 4.78 is 14.8.